The molecular formula is C18H29NOS. The second-order valence-electron chi connectivity index (χ2n) is 6.25. The maximum absolute atomic E-state index is 10.3. The van der Waals surface area contributed by atoms with E-state index in [1.54, 1.807) is 0 Å². The van der Waals surface area contributed by atoms with Crippen molar-refractivity contribution in [3.8, 4) is 0 Å². The van der Waals surface area contributed by atoms with Gasteiger partial charge in [-0.25, -0.2) is 0 Å². The zero-order valence-corrected chi connectivity index (χ0v) is 14.2. The van der Waals surface area contributed by atoms with Gasteiger partial charge in [-0.05, 0) is 68.1 Å². The highest BCUT2D eigenvalue weighted by atomic mass is 32.2. The number of likely N-dealkylation sites (tertiary alicyclic amines) is 1. The smallest absolute Gasteiger partial charge is 0.0802 e. The Kier molecular flexibility index (Phi) is 7.08. The Morgan fingerprint density at radius 2 is 1.90 bits per heavy atom. The van der Waals surface area contributed by atoms with Gasteiger partial charge in [0.15, 0.2) is 0 Å². The third-order valence-corrected chi connectivity index (χ3v) is 5.55. The van der Waals surface area contributed by atoms with E-state index in [9.17, 15) is 5.11 Å². The molecule has 1 unspecified atom stereocenters. The quantitative estimate of drug-likeness (QED) is 0.758. The lowest BCUT2D eigenvalue weighted by Gasteiger charge is -2.30. The third kappa shape index (κ3) is 5.65. The van der Waals surface area contributed by atoms with Crippen LogP contribution in [0.2, 0.25) is 0 Å². The van der Waals surface area contributed by atoms with E-state index in [0.717, 1.165) is 30.2 Å². The third-order valence-electron chi connectivity index (χ3n) is 4.33. The van der Waals surface area contributed by atoms with Crippen molar-refractivity contribution in [2.75, 3.05) is 25.4 Å². The van der Waals surface area contributed by atoms with Crippen molar-refractivity contribution in [1.29, 1.82) is 0 Å². The Bertz CT molecular complexity index is 398. The van der Waals surface area contributed by atoms with Crippen LogP contribution in [0, 0.1) is 5.92 Å². The van der Waals surface area contributed by atoms with Gasteiger partial charge in [-0.3, -0.25) is 0 Å². The first kappa shape index (κ1) is 16.9. The van der Waals surface area contributed by atoms with Crippen molar-refractivity contribution in [3.05, 3.63) is 29.8 Å². The van der Waals surface area contributed by atoms with Gasteiger partial charge in [0.1, 0.15) is 0 Å². The van der Waals surface area contributed by atoms with E-state index in [-0.39, 0.29) is 6.10 Å². The standard InChI is InChI=1S/C18H29NOS/c1-3-14-21-17-6-4-16(5-7-17)18(20)10-13-19-11-8-15(2)9-12-19/h4-7,15,18,20H,3,8-14H2,1-2H3. The van der Waals surface area contributed by atoms with E-state index in [0.29, 0.717) is 0 Å². The monoisotopic (exact) mass is 307 g/mol. The summed E-state index contributed by atoms with van der Waals surface area (Å²) >= 11 is 1.89. The van der Waals surface area contributed by atoms with E-state index in [2.05, 4.69) is 43.0 Å². The average molecular weight is 308 g/mol. The normalized spacial score (nSPS) is 18.8. The van der Waals surface area contributed by atoms with Crippen LogP contribution in [0.3, 0.4) is 0 Å². The topological polar surface area (TPSA) is 23.5 Å². The van der Waals surface area contributed by atoms with Gasteiger partial charge >= 0.3 is 0 Å². The molecule has 1 aromatic carbocycles. The zero-order chi connectivity index (χ0) is 15.1. The molecule has 1 saturated heterocycles. The van der Waals surface area contributed by atoms with Gasteiger partial charge in [0.25, 0.3) is 0 Å². The molecule has 0 saturated carbocycles. The van der Waals surface area contributed by atoms with Gasteiger partial charge in [-0.15, -0.1) is 11.8 Å². The lowest BCUT2D eigenvalue weighted by Crippen LogP contribution is -2.34. The molecule has 3 heteroatoms. The van der Waals surface area contributed by atoms with Crippen LogP contribution in [0.4, 0.5) is 0 Å². The van der Waals surface area contributed by atoms with Crippen LogP contribution < -0.4 is 0 Å². The van der Waals surface area contributed by atoms with Crippen LogP contribution in [0.1, 0.15) is 51.2 Å². The van der Waals surface area contributed by atoms with Gasteiger partial charge in [-0.2, -0.15) is 0 Å². The first-order valence-corrected chi connectivity index (χ1v) is 9.30. The fourth-order valence-electron chi connectivity index (χ4n) is 2.76. The van der Waals surface area contributed by atoms with Gasteiger partial charge in [0.2, 0.25) is 0 Å². The van der Waals surface area contributed by atoms with Crippen molar-refractivity contribution in [2.24, 2.45) is 5.92 Å². The average Bonchev–Trinajstić information content (AvgIpc) is 2.52. The van der Waals surface area contributed by atoms with Gasteiger partial charge in [0, 0.05) is 11.4 Å². The second-order valence-corrected chi connectivity index (χ2v) is 7.41. The Morgan fingerprint density at radius 3 is 2.52 bits per heavy atom. The number of thioether (sulfide) groups is 1. The number of hydrogen-bond donors (Lipinski definition) is 1. The molecule has 1 aliphatic rings. The van der Waals surface area contributed by atoms with Crippen molar-refractivity contribution in [1.82, 2.24) is 4.90 Å². The molecule has 1 atom stereocenters. The summed E-state index contributed by atoms with van der Waals surface area (Å²) in [6, 6.07) is 8.45. The molecule has 21 heavy (non-hydrogen) atoms. The first-order valence-electron chi connectivity index (χ1n) is 8.32. The minimum Gasteiger partial charge on any atom is -0.388 e. The molecule has 2 nitrogen and oxygen atoms in total. The predicted molar refractivity (Wildman–Crippen MR) is 91.9 cm³/mol. The van der Waals surface area contributed by atoms with E-state index in [1.165, 1.54) is 37.2 Å². The number of rotatable bonds is 7. The van der Waals surface area contributed by atoms with Gasteiger partial charge in [-0.1, -0.05) is 26.0 Å². The van der Waals surface area contributed by atoms with Crippen LogP contribution in [-0.4, -0.2) is 35.4 Å². The molecular weight excluding hydrogens is 278 g/mol. The van der Waals surface area contributed by atoms with Crippen LogP contribution in [0.5, 0.6) is 0 Å². The highest BCUT2D eigenvalue weighted by Gasteiger charge is 2.17. The molecule has 0 amide bonds. The molecule has 1 fully saturated rings. The molecule has 0 radical (unpaired) electrons. The van der Waals surface area contributed by atoms with Crippen LogP contribution >= 0.6 is 11.8 Å². The van der Waals surface area contributed by atoms with Crippen LogP contribution in [-0.2, 0) is 0 Å². The number of piperidine rings is 1. The summed E-state index contributed by atoms with van der Waals surface area (Å²) in [7, 11) is 0. The second kappa shape index (κ2) is 8.82. The summed E-state index contributed by atoms with van der Waals surface area (Å²) < 4.78 is 0. The molecule has 0 spiro atoms. The Balaban J connectivity index is 1.76. The fourth-order valence-corrected chi connectivity index (χ4v) is 3.53. The van der Waals surface area contributed by atoms with Crippen molar-refractivity contribution in [2.45, 2.75) is 50.5 Å². The van der Waals surface area contributed by atoms with Crippen molar-refractivity contribution in [3.63, 3.8) is 0 Å². The molecule has 0 aliphatic carbocycles. The Morgan fingerprint density at radius 1 is 1.24 bits per heavy atom. The van der Waals surface area contributed by atoms with E-state index >= 15 is 0 Å². The van der Waals surface area contributed by atoms with Crippen LogP contribution in [0.25, 0.3) is 0 Å². The summed E-state index contributed by atoms with van der Waals surface area (Å²) in [6.45, 7) is 7.94. The molecule has 118 valence electrons. The van der Waals surface area contributed by atoms with Gasteiger partial charge < -0.3 is 10.0 Å². The SMILES string of the molecule is CCCSc1ccc(C(O)CCN2CCC(C)CC2)cc1. The molecule has 2 rings (SSSR count). The van der Waals surface area contributed by atoms with E-state index < -0.39 is 0 Å². The Labute approximate surface area is 133 Å². The molecule has 0 bridgehead atoms. The minimum absolute atomic E-state index is 0.324. The predicted octanol–water partition coefficient (Wildman–Crippen LogP) is 4.34. The summed E-state index contributed by atoms with van der Waals surface area (Å²) in [5.41, 5.74) is 1.06. The summed E-state index contributed by atoms with van der Waals surface area (Å²) in [6.07, 6.45) is 4.33. The summed E-state index contributed by atoms with van der Waals surface area (Å²) in [4.78, 5) is 3.80. The number of benzene rings is 1. The van der Waals surface area contributed by atoms with E-state index in [4.69, 9.17) is 0 Å². The fraction of sp³-hybridized carbons (Fsp3) is 0.667. The van der Waals surface area contributed by atoms with Crippen LogP contribution in [0.15, 0.2) is 29.2 Å². The van der Waals surface area contributed by atoms with Crippen molar-refractivity contribution < 1.29 is 5.11 Å². The highest BCUT2D eigenvalue weighted by Crippen LogP contribution is 2.24. The van der Waals surface area contributed by atoms with Gasteiger partial charge in [0.05, 0.1) is 6.10 Å². The lowest BCUT2D eigenvalue weighted by atomic mass is 9.98. The number of aliphatic hydroxyl groups excluding tert-OH is 1. The molecule has 0 aromatic heterocycles. The first-order chi connectivity index (χ1) is 10.2. The molecule has 1 aliphatic heterocycles. The number of aliphatic hydroxyl groups is 1. The highest BCUT2D eigenvalue weighted by molar-refractivity contribution is 7.99. The van der Waals surface area contributed by atoms with Crippen molar-refractivity contribution >= 4 is 11.8 Å². The lowest BCUT2D eigenvalue weighted by molar-refractivity contribution is 0.125. The number of hydrogen-bond acceptors (Lipinski definition) is 3. The minimum atomic E-state index is -0.324. The Hall–Kier alpha value is -0.510. The summed E-state index contributed by atoms with van der Waals surface area (Å²) in [5, 5.41) is 10.3. The molecule has 1 aromatic rings. The largest absolute Gasteiger partial charge is 0.388 e. The maximum Gasteiger partial charge on any atom is 0.0802 e. The zero-order valence-electron chi connectivity index (χ0n) is 13.4. The molecule has 1 N–H and O–H groups in total. The molecule has 1 heterocycles. The summed E-state index contributed by atoms with van der Waals surface area (Å²) in [5.74, 6) is 2.04. The van der Waals surface area contributed by atoms with E-state index in [1.807, 2.05) is 11.8 Å². The maximum atomic E-state index is 10.3. The number of nitrogens with zero attached hydrogens (tertiary/aromatic N) is 1.